The standard InChI is InChI=1S/C20H27N5O3S/c1-5-12-24(13-6-2)19(28)17(21)20(25(7-3)14(4)26)29-23-16-10-8-15(9-11-16)18(22)27/h5-6,8-11,23H,1-2,7,12-13,21H2,3-4H3,(H2,22,27)/b20-17+. The highest BCUT2D eigenvalue weighted by atomic mass is 32.2. The van der Waals surface area contributed by atoms with Crippen LogP contribution in [0.15, 0.2) is 60.3 Å². The van der Waals surface area contributed by atoms with E-state index in [1.807, 2.05) is 0 Å². The second-order valence-electron chi connectivity index (χ2n) is 5.92. The van der Waals surface area contributed by atoms with E-state index in [0.29, 0.717) is 17.8 Å². The fraction of sp³-hybridized carbons (Fsp3) is 0.250. The summed E-state index contributed by atoms with van der Waals surface area (Å²) in [4.78, 5) is 39.0. The van der Waals surface area contributed by atoms with Crippen LogP contribution < -0.4 is 16.2 Å². The highest BCUT2D eigenvalue weighted by Crippen LogP contribution is 2.26. The number of amides is 3. The topological polar surface area (TPSA) is 122 Å². The highest BCUT2D eigenvalue weighted by molar-refractivity contribution is 8.04. The van der Waals surface area contributed by atoms with E-state index in [2.05, 4.69) is 17.9 Å². The van der Waals surface area contributed by atoms with Gasteiger partial charge >= 0.3 is 0 Å². The summed E-state index contributed by atoms with van der Waals surface area (Å²) in [6, 6.07) is 6.46. The normalized spacial score (nSPS) is 11.1. The Labute approximate surface area is 175 Å². The lowest BCUT2D eigenvalue weighted by Crippen LogP contribution is -2.38. The molecule has 0 aliphatic rings. The van der Waals surface area contributed by atoms with E-state index in [1.54, 1.807) is 43.3 Å². The molecule has 9 heteroatoms. The molecule has 3 amide bonds. The zero-order chi connectivity index (χ0) is 22.0. The molecule has 8 nitrogen and oxygen atoms in total. The maximum atomic E-state index is 12.9. The van der Waals surface area contributed by atoms with Crippen LogP contribution in [0.1, 0.15) is 24.2 Å². The lowest BCUT2D eigenvalue weighted by molar-refractivity contribution is -0.127. The molecular formula is C20H27N5O3S. The Morgan fingerprint density at radius 1 is 1.10 bits per heavy atom. The van der Waals surface area contributed by atoms with Gasteiger partial charge in [-0.2, -0.15) is 0 Å². The van der Waals surface area contributed by atoms with Crippen LogP contribution in [0.5, 0.6) is 0 Å². The van der Waals surface area contributed by atoms with Gasteiger partial charge in [-0.25, -0.2) is 0 Å². The molecule has 0 aromatic heterocycles. The first-order chi connectivity index (χ1) is 13.8. The molecule has 29 heavy (non-hydrogen) atoms. The summed E-state index contributed by atoms with van der Waals surface area (Å²) in [5.41, 5.74) is 12.4. The van der Waals surface area contributed by atoms with Crippen LogP contribution in [0.4, 0.5) is 5.69 Å². The van der Waals surface area contributed by atoms with Gasteiger partial charge < -0.3 is 26.0 Å². The Hall–Kier alpha value is -3.20. The summed E-state index contributed by atoms with van der Waals surface area (Å²) >= 11 is 1.03. The number of nitrogens with one attached hydrogen (secondary N) is 1. The van der Waals surface area contributed by atoms with Gasteiger partial charge in [-0.1, -0.05) is 12.2 Å². The number of rotatable bonds is 11. The van der Waals surface area contributed by atoms with Gasteiger partial charge in [-0.05, 0) is 31.2 Å². The maximum Gasteiger partial charge on any atom is 0.273 e. The van der Waals surface area contributed by atoms with Crippen molar-refractivity contribution < 1.29 is 14.4 Å². The Morgan fingerprint density at radius 2 is 1.66 bits per heavy atom. The largest absolute Gasteiger partial charge is 0.392 e. The Kier molecular flexibility index (Phi) is 9.54. The van der Waals surface area contributed by atoms with Crippen LogP contribution in [0.25, 0.3) is 0 Å². The Bertz CT molecular complexity index is 795. The van der Waals surface area contributed by atoms with Crippen molar-refractivity contribution in [3.8, 4) is 0 Å². The lowest BCUT2D eigenvalue weighted by Gasteiger charge is -2.26. The van der Waals surface area contributed by atoms with Crippen molar-refractivity contribution in [3.63, 3.8) is 0 Å². The molecule has 1 aromatic carbocycles. The molecule has 0 saturated carbocycles. The second-order valence-corrected chi connectivity index (χ2v) is 6.71. The van der Waals surface area contributed by atoms with Crippen molar-refractivity contribution in [2.45, 2.75) is 13.8 Å². The van der Waals surface area contributed by atoms with Gasteiger partial charge in [0.05, 0.1) is 0 Å². The fourth-order valence-electron chi connectivity index (χ4n) is 2.39. The van der Waals surface area contributed by atoms with Crippen LogP contribution in [-0.4, -0.2) is 47.2 Å². The van der Waals surface area contributed by atoms with Gasteiger partial charge in [-0.15, -0.1) is 13.2 Å². The average molecular weight is 418 g/mol. The van der Waals surface area contributed by atoms with Gasteiger partial charge in [0.15, 0.2) is 0 Å². The molecule has 0 fully saturated rings. The monoisotopic (exact) mass is 417 g/mol. The fourth-order valence-corrected chi connectivity index (χ4v) is 3.30. The molecule has 0 radical (unpaired) electrons. The van der Waals surface area contributed by atoms with Gasteiger partial charge in [-0.3, -0.25) is 14.4 Å². The van der Waals surface area contributed by atoms with Crippen LogP contribution in [0, 0.1) is 0 Å². The molecule has 1 aromatic rings. The van der Waals surface area contributed by atoms with Crippen molar-refractivity contribution in [3.05, 3.63) is 65.9 Å². The summed E-state index contributed by atoms with van der Waals surface area (Å²) < 4.78 is 3.04. The van der Waals surface area contributed by atoms with Crippen molar-refractivity contribution in [2.24, 2.45) is 11.5 Å². The predicted molar refractivity (Wildman–Crippen MR) is 117 cm³/mol. The summed E-state index contributed by atoms with van der Waals surface area (Å²) in [7, 11) is 0. The number of carbonyl (C=O) groups excluding carboxylic acids is 3. The van der Waals surface area contributed by atoms with Gasteiger partial charge in [0.1, 0.15) is 10.7 Å². The first-order valence-corrected chi connectivity index (χ1v) is 9.70. The third-order valence-electron chi connectivity index (χ3n) is 3.82. The van der Waals surface area contributed by atoms with Crippen LogP contribution in [0.3, 0.4) is 0 Å². The third-order valence-corrected chi connectivity index (χ3v) is 4.79. The minimum Gasteiger partial charge on any atom is -0.392 e. The molecule has 0 spiro atoms. The van der Waals surface area contributed by atoms with E-state index in [4.69, 9.17) is 11.5 Å². The van der Waals surface area contributed by atoms with Gasteiger partial charge in [0, 0.05) is 49.8 Å². The molecule has 5 N–H and O–H groups in total. The number of nitrogens with two attached hydrogens (primary N) is 2. The second kappa shape index (κ2) is 11.6. The van der Waals surface area contributed by atoms with Crippen molar-refractivity contribution >= 4 is 35.4 Å². The van der Waals surface area contributed by atoms with E-state index < -0.39 is 11.8 Å². The molecule has 0 atom stereocenters. The van der Waals surface area contributed by atoms with E-state index in [9.17, 15) is 14.4 Å². The van der Waals surface area contributed by atoms with Crippen LogP contribution in [-0.2, 0) is 9.59 Å². The summed E-state index contributed by atoms with van der Waals surface area (Å²) in [5.74, 6) is -1.22. The van der Waals surface area contributed by atoms with Gasteiger partial charge in [0.25, 0.3) is 5.91 Å². The quantitative estimate of drug-likeness (QED) is 0.288. The molecule has 0 bridgehead atoms. The molecule has 1 rings (SSSR count). The highest BCUT2D eigenvalue weighted by Gasteiger charge is 2.24. The molecule has 0 unspecified atom stereocenters. The third kappa shape index (κ3) is 6.72. The summed E-state index contributed by atoms with van der Waals surface area (Å²) in [6.07, 6.45) is 3.17. The molecule has 0 aliphatic heterocycles. The van der Waals surface area contributed by atoms with Crippen molar-refractivity contribution in [1.29, 1.82) is 0 Å². The molecule has 0 saturated heterocycles. The van der Waals surface area contributed by atoms with E-state index in [0.717, 1.165) is 11.9 Å². The average Bonchev–Trinajstić information content (AvgIpc) is 2.69. The first kappa shape index (κ1) is 23.8. The summed E-state index contributed by atoms with van der Waals surface area (Å²) in [5, 5.41) is 0.280. The summed E-state index contributed by atoms with van der Waals surface area (Å²) in [6.45, 7) is 11.4. The number of benzene rings is 1. The molecule has 156 valence electrons. The zero-order valence-corrected chi connectivity index (χ0v) is 17.5. The smallest absolute Gasteiger partial charge is 0.273 e. The number of primary amides is 1. The number of carbonyl (C=O) groups is 3. The minimum atomic E-state index is -0.530. The molecule has 0 heterocycles. The lowest BCUT2D eigenvalue weighted by atomic mass is 10.2. The van der Waals surface area contributed by atoms with Crippen LogP contribution >= 0.6 is 11.9 Å². The molecular weight excluding hydrogens is 390 g/mol. The molecule has 0 aliphatic carbocycles. The number of hydrogen-bond donors (Lipinski definition) is 3. The Morgan fingerprint density at radius 3 is 2.07 bits per heavy atom. The first-order valence-electron chi connectivity index (χ1n) is 8.88. The zero-order valence-electron chi connectivity index (χ0n) is 16.7. The van der Waals surface area contributed by atoms with Crippen molar-refractivity contribution in [2.75, 3.05) is 24.4 Å². The minimum absolute atomic E-state index is 0.0722. The Balaban J connectivity index is 3.20. The van der Waals surface area contributed by atoms with Gasteiger partial charge in [0.2, 0.25) is 11.8 Å². The number of hydrogen-bond acceptors (Lipinski definition) is 6. The van der Waals surface area contributed by atoms with E-state index in [1.165, 1.54) is 16.7 Å². The van der Waals surface area contributed by atoms with Crippen molar-refractivity contribution in [1.82, 2.24) is 9.80 Å². The van der Waals surface area contributed by atoms with Crippen LogP contribution in [0.2, 0.25) is 0 Å². The van der Waals surface area contributed by atoms with E-state index >= 15 is 0 Å². The number of anilines is 1. The SMILES string of the molecule is C=CCN(CC=C)C(=O)/C(N)=C(\SNc1ccc(C(N)=O)cc1)N(CC)C(C)=O. The maximum absolute atomic E-state index is 12.9. The predicted octanol–water partition coefficient (Wildman–Crippen LogP) is 2.04. The van der Waals surface area contributed by atoms with E-state index in [-0.39, 0.29) is 29.7 Å². The number of nitrogens with zero attached hydrogens (tertiary/aromatic N) is 2.